The molecule has 3 N–H and O–H groups in total. The van der Waals surface area contributed by atoms with Gasteiger partial charge in [-0.2, -0.15) is 0 Å². The first-order valence-corrected chi connectivity index (χ1v) is 5.57. The molecule has 2 nitrogen and oxygen atoms in total. The smallest absolute Gasteiger partial charge is 0.101 e. The van der Waals surface area contributed by atoms with Crippen LogP contribution in [-0.4, -0.2) is 5.84 Å². The zero-order valence-electron chi connectivity index (χ0n) is 9.22. The van der Waals surface area contributed by atoms with E-state index in [1.54, 1.807) is 0 Å². The third-order valence-corrected chi connectivity index (χ3v) is 3.54. The van der Waals surface area contributed by atoms with Gasteiger partial charge < -0.3 is 5.73 Å². The van der Waals surface area contributed by atoms with Crippen LogP contribution < -0.4 is 5.73 Å². The fraction of sp³-hybridized carbons (Fsp3) is 0.462. The first-order chi connectivity index (χ1) is 7.15. The Hall–Kier alpha value is -1.31. The minimum Gasteiger partial charge on any atom is -0.387 e. The normalized spacial score (nSPS) is 19.0. The van der Waals surface area contributed by atoms with Gasteiger partial charge in [-0.15, -0.1) is 0 Å². The molecule has 0 radical (unpaired) electrons. The SMILES string of the molecule is Cc1cccc(C2(C(=N)N)CCCC2)c1. The maximum absolute atomic E-state index is 7.83. The van der Waals surface area contributed by atoms with Crippen LogP contribution in [0.1, 0.15) is 36.8 Å². The monoisotopic (exact) mass is 202 g/mol. The summed E-state index contributed by atoms with van der Waals surface area (Å²) in [5, 5.41) is 7.83. The largest absolute Gasteiger partial charge is 0.387 e. The minimum absolute atomic E-state index is 0.161. The summed E-state index contributed by atoms with van der Waals surface area (Å²) in [6, 6.07) is 8.44. The standard InChI is InChI=1S/C13H18N2/c1-10-5-4-6-11(9-10)13(12(14)15)7-2-3-8-13/h4-6,9H,2-3,7-8H2,1H3,(H3,14,15). The first kappa shape index (κ1) is 10.2. The summed E-state index contributed by atoms with van der Waals surface area (Å²) in [4.78, 5) is 0. The highest BCUT2D eigenvalue weighted by molar-refractivity contribution is 5.89. The van der Waals surface area contributed by atoms with Gasteiger partial charge in [0.15, 0.2) is 0 Å². The second kappa shape index (κ2) is 3.69. The highest BCUT2D eigenvalue weighted by Gasteiger charge is 2.38. The molecule has 1 aliphatic rings. The van der Waals surface area contributed by atoms with Crippen LogP contribution in [-0.2, 0) is 5.41 Å². The third-order valence-electron chi connectivity index (χ3n) is 3.54. The molecule has 0 saturated heterocycles. The molecule has 0 aliphatic heterocycles. The minimum atomic E-state index is -0.161. The number of nitrogens with one attached hydrogen (secondary N) is 1. The van der Waals surface area contributed by atoms with E-state index in [9.17, 15) is 0 Å². The lowest BCUT2D eigenvalue weighted by atomic mass is 9.77. The summed E-state index contributed by atoms with van der Waals surface area (Å²) in [6.07, 6.45) is 4.44. The van der Waals surface area contributed by atoms with Crippen LogP contribution in [0.25, 0.3) is 0 Å². The maximum atomic E-state index is 7.83. The van der Waals surface area contributed by atoms with Crippen LogP contribution in [0.15, 0.2) is 24.3 Å². The van der Waals surface area contributed by atoms with Gasteiger partial charge in [-0.25, -0.2) is 0 Å². The fourth-order valence-corrected chi connectivity index (χ4v) is 2.63. The molecule has 1 aromatic carbocycles. The topological polar surface area (TPSA) is 49.9 Å². The molecule has 2 rings (SSSR count). The van der Waals surface area contributed by atoms with Gasteiger partial charge in [0.05, 0.1) is 5.41 Å². The van der Waals surface area contributed by atoms with E-state index in [1.165, 1.54) is 24.0 Å². The lowest BCUT2D eigenvalue weighted by Gasteiger charge is -2.28. The molecule has 0 aromatic heterocycles. The van der Waals surface area contributed by atoms with Crippen molar-refractivity contribution in [1.29, 1.82) is 5.41 Å². The summed E-state index contributed by atoms with van der Waals surface area (Å²) in [7, 11) is 0. The van der Waals surface area contributed by atoms with Crippen molar-refractivity contribution in [2.24, 2.45) is 5.73 Å². The zero-order valence-corrected chi connectivity index (χ0v) is 9.22. The Kier molecular flexibility index (Phi) is 2.51. The molecule has 0 spiro atoms. The van der Waals surface area contributed by atoms with Gasteiger partial charge in [-0.3, -0.25) is 5.41 Å². The van der Waals surface area contributed by atoms with Gasteiger partial charge >= 0.3 is 0 Å². The van der Waals surface area contributed by atoms with E-state index in [2.05, 4.69) is 31.2 Å². The van der Waals surface area contributed by atoms with Crippen LogP contribution in [0.3, 0.4) is 0 Å². The van der Waals surface area contributed by atoms with Crippen LogP contribution in [0, 0.1) is 12.3 Å². The van der Waals surface area contributed by atoms with Gasteiger partial charge in [0.2, 0.25) is 0 Å². The van der Waals surface area contributed by atoms with Crippen molar-refractivity contribution >= 4 is 5.84 Å². The van der Waals surface area contributed by atoms with E-state index in [4.69, 9.17) is 11.1 Å². The third kappa shape index (κ3) is 1.65. The van der Waals surface area contributed by atoms with E-state index in [0.29, 0.717) is 5.84 Å². The second-order valence-corrected chi connectivity index (χ2v) is 4.57. The number of rotatable bonds is 2. The summed E-state index contributed by atoms with van der Waals surface area (Å²) >= 11 is 0. The van der Waals surface area contributed by atoms with Crippen molar-refractivity contribution in [2.75, 3.05) is 0 Å². The van der Waals surface area contributed by atoms with Crippen molar-refractivity contribution < 1.29 is 0 Å². The highest BCUT2D eigenvalue weighted by Crippen LogP contribution is 2.41. The van der Waals surface area contributed by atoms with E-state index in [1.807, 2.05) is 0 Å². The van der Waals surface area contributed by atoms with Gasteiger partial charge in [0.1, 0.15) is 5.84 Å². The quantitative estimate of drug-likeness (QED) is 0.562. The predicted molar refractivity (Wildman–Crippen MR) is 63.2 cm³/mol. The summed E-state index contributed by atoms with van der Waals surface area (Å²) in [5.41, 5.74) is 8.12. The molecule has 15 heavy (non-hydrogen) atoms. The number of nitrogens with two attached hydrogens (primary N) is 1. The number of amidine groups is 1. The Morgan fingerprint density at radius 1 is 1.33 bits per heavy atom. The Morgan fingerprint density at radius 3 is 2.53 bits per heavy atom. The van der Waals surface area contributed by atoms with Crippen molar-refractivity contribution in [3.05, 3.63) is 35.4 Å². The van der Waals surface area contributed by atoms with E-state index in [-0.39, 0.29) is 5.41 Å². The van der Waals surface area contributed by atoms with Gasteiger partial charge in [-0.1, -0.05) is 42.7 Å². The average molecular weight is 202 g/mol. The molecular weight excluding hydrogens is 184 g/mol. The molecule has 2 heteroatoms. The summed E-state index contributed by atoms with van der Waals surface area (Å²) in [5.74, 6) is 0.339. The van der Waals surface area contributed by atoms with Crippen LogP contribution >= 0.6 is 0 Å². The van der Waals surface area contributed by atoms with Crippen molar-refractivity contribution in [3.63, 3.8) is 0 Å². The molecule has 0 amide bonds. The van der Waals surface area contributed by atoms with Crippen molar-refractivity contribution in [2.45, 2.75) is 38.0 Å². The van der Waals surface area contributed by atoms with Gasteiger partial charge in [0.25, 0.3) is 0 Å². The Balaban J connectivity index is 2.45. The van der Waals surface area contributed by atoms with E-state index in [0.717, 1.165) is 12.8 Å². The molecule has 0 bridgehead atoms. The number of aryl methyl sites for hydroxylation is 1. The average Bonchev–Trinajstić information content (AvgIpc) is 2.67. The molecule has 1 aromatic rings. The Morgan fingerprint density at radius 2 is 2.00 bits per heavy atom. The molecule has 1 fully saturated rings. The van der Waals surface area contributed by atoms with E-state index < -0.39 is 0 Å². The first-order valence-electron chi connectivity index (χ1n) is 5.57. The number of benzene rings is 1. The van der Waals surface area contributed by atoms with Crippen molar-refractivity contribution in [3.8, 4) is 0 Å². The molecular formula is C13H18N2. The summed E-state index contributed by atoms with van der Waals surface area (Å²) in [6.45, 7) is 2.09. The number of hydrogen-bond acceptors (Lipinski definition) is 1. The Labute approximate surface area is 91.0 Å². The lowest BCUT2D eigenvalue weighted by Crippen LogP contribution is -2.38. The van der Waals surface area contributed by atoms with Crippen LogP contribution in [0.5, 0.6) is 0 Å². The number of hydrogen-bond donors (Lipinski definition) is 2. The fourth-order valence-electron chi connectivity index (χ4n) is 2.63. The van der Waals surface area contributed by atoms with Gasteiger partial charge in [0, 0.05) is 0 Å². The molecule has 1 aliphatic carbocycles. The molecule has 1 saturated carbocycles. The van der Waals surface area contributed by atoms with E-state index >= 15 is 0 Å². The summed E-state index contributed by atoms with van der Waals surface area (Å²) < 4.78 is 0. The predicted octanol–water partition coefficient (Wildman–Crippen LogP) is 2.74. The molecule has 0 atom stereocenters. The molecule has 0 heterocycles. The second-order valence-electron chi connectivity index (χ2n) is 4.57. The van der Waals surface area contributed by atoms with Crippen LogP contribution in [0.2, 0.25) is 0 Å². The zero-order chi connectivity index (χ0) is 10.9. The van der Waals surface area contributed by atoms with Crippen molar-refractivity contribution in [1.82, 2.24) is 0 Å². The molecule has 80 valence electrons. The lowest BCUT2D eigenvalue weighted by molar-refractivity contribution is 0.589. The van der Waals surface area contributed by atoms with Gasteiger partial charge in [-0.05, 0) is 25.3 Å². The maximum Gasteiger partial charge on any atom is 0.101 e. The molecule has 0 unspecified atom stereocenters. The highest BCUT2D eigenvalue weighted by atomic mass is 14.8. The Bertz CT molecular complexity index is 376. The van der Waals surface area contributed by atoms with Crippen LogP contribution in [0.4, 0.5) is 0 Å².